The molecule has 0 radical (unpaired) electrons. The number of amides is 1. The van der Waals surface area contributed by atoms with E-state index in [4.69, 9.17) is 0 Å². The number of carbonyl (C=O) groups is 1. The second-order valence-electron chi connectivity index (χ2n) is 8.81. The molecule has 1 aliphatic rings. The Labute approximate surface area is 151 Å². The maximum Gasteiger partial charge on any atom is 0.220 e. The van der Waals surface area contributed by atoms with Gasteiger partial charge in [0.05, 0.1) is 0 Å². The first-order valence-corrected chi connectivity index (χ1v) is 10.8. The molecule has 0 aliphatic heterocycles. The fraction of sp³-hybridized carbons (Fsp3) is 0.955. The van der Waals surface area contributed by atoms with Crippen LogP contribution < -0.4 is 5.32 Å². The summed E-state index contributed by atoms with van der Waals surface area (Å²) in [5.41, 5.74) is 0. The van der Waals surface area contributed by atoms with Crippen LogP contribution in [0.2, 0.25) is 0 Å². The standard InChI is InChI=1S/C22H43NO/c1-18(2)13-9-6-5-7-12-16-23-22(24)17-21(19(3)4)20-14-10-8-11-15-20/h18-21H,5-17H2,1-4H3,(H,23,24). The molecule has 1 fully saturated rings. The Hall–Kier alpha value is -0.530. The van der Waals surface area contributed by atoms with Crippen molar-refractivity contribution in [3.8, 4) is 0 Å². The molecule has 1 unspecified atom stereocenters. The summed E-state index contributed by atoms with van der Waals surface area (Å²) in [5.74, 6) is 3.12. The number of nitrogens with one attached hydrogen (secondary N) is 1. The molecule has 0 spiro atoms. The molecule has 0 aromatic heterocycles. The summed E-state index contributed by atoms with van der Waals surface area (Å²) in [6.07, 6.45) is 15.3. The van der Waals surface area contributed by atoms with E-state index in [9.17, 15) is 4.79 Å². The average Bonchev–Trinajstić information content (AvgIpc) is 2.55. The van der Waals surface area contributed by atoms with Crippen molar-refractivity contribution in [2.75, 3.05) is 6.54 Å². The summed E-state index contributed by atoms with van der Waals surface area (Å²) >= 11 is 0. The molecule has 1 atom stereocenters. The Balaban J connectivity index is 2.10. The van der Waals surface area contributed by atoms with Gasteiger partial charge in [0.15, 0.2) is 0 Å². The van der Waals surface area contributed by atoms with E-state index in [1.54, 1.807) is 0 Å². The summed E-state index contributed by atoms with van der Waals surface area (Å²) in [5, 5.41) is 3.18. The molecule has 24 heavy (non-hydrogen) atoms. The van der Waals surface area contributed by atoms with Gasteiger partial charge in [0.1, 0.15) is 0 Å². The van der Waals surface area contributed by atoms with Crippen molar-refractivity contribution in [2.45, 2.75) is 105 Å². The van der Waals surface area contributed by atoms with E-state index in [1.165, 1.54) is 64.2 Å². The Morgan fingerprint density at radius 1 is 0.917 bits per heavy atom. The monoisotopic (exact) mass is 337 g/mol. The highest BCUT2D eigenvalue weighted by Crippen LogP contribution is 2.35. The highest BCUT2D eigenvalue weighted by molar-refractivity contribution is 5.76. The van der Waals surface area contributed by atoms with E-state index in [2.05, 4.69) is 33.0 Å². The third-order valence-corrected chi connectivity index (χ3v) is 5.81. The maximum absolute atomic E-state index is 12.3. The molecule has 2 nitrogen and oxygen atoms in total. The van der Waals surface area contributed by atoms with Crippen LogP contribution in [0.3, 0.4) is 0 Å². The Morgan fingerprint density at radius 3 is 2.17 bits per heavy atom. The lowest BCUT2D eigenvalue weighted by atomic mass is 9.73. The van der Waals surface area contributed by atoms with E-state index < -0.39 is 0 Å². The fourth-order valence-corrected chi connectivity index (χ4v) is 4.23. The molecule has 1 aliphatic carbocycles. The summed E-state index contributed by atoms with van der Waals surface area (Å²) in [7, 11) is 0. The van der Waals surface area contributed by atoms with E-state index in [-0.39, 0.29) is 0 Å². The zero-order valence-electron chi connectivity index (χ0n) is 16.9. The van der Waals surface area contributed by atoms with Gasteiger partial charge in [-0.05, 0) is 30.1 Å². The third-order valence-electron chi connectivity index (χ3n) is 5.81. The number of hydrogen-bond acceptors (Lipinski definition) is 1. The molecule has 0 aromatic carbocycles. The van der Waals surface area contributed by atoms with Crippen molar-refractivity contribution in [1.82, 2.24) is 5.32 Å². The van der Waals surface area contributed by atoms with Crippen LogP contribution in [0.25, 0.3) is 0 Å². The summed E-state index contributed by atoms with van der Waals surface area (Å²) in [6.45, 7) is 10.1. The zero-order chi connectivity index (χ0) is 17.8. The minimum absolute atomic E-state index is 0.291. The lowest BCUT2D eigenvalue weighted by molar-refractivity contribution is -0.123. The number of carbonyl (C=O) groups excluding carboxylic acids is 1. The van der Waals surface area contributed by atoms with Gasteiger partial charge in [0.2, 0.25) is 5.91 Å². The van der Waals surface area contributed by atoms with E-state index in [1.807, 2.05) is 0 Å². The topological polar surface area (TPSA) is 29.1 Å². The van der Waals surface area contributed by atoms with Crippen LogP contribution >= 0.6 is 0 Å². The van der Waals surface area contributed by atoms with Crippen LogP contribution in [0.4, 0.5) is 0 Å². The van der Waals surface area contributed by atoms with Crippen LogP contribution in [-0.4, -0.2) is 12.5 Å². The molecule has 0 saturated heterocycles. The van der Waals surface area contributed by atoms with Crippen LogP contribution in [-0.2, 0) is 4.79 Å². The summed E-state index contributed by atoms with van der Waals surface area (Å²) in [4.78, 5) is 12.3. The molecule has 1 rings (SSSR count). The second-order valence-corrected chi connectivity index (χ2v) is 8.81. The molecular weight excluding hydrogens is 294 g/mol. The molecule has 0 bridgehead atoms. The first-order chi connectivity index (χ1) is 11.5. The SMILES string of the molecule is CC(C)CCCCCCCNC(=O)CC(C(C)C)C1CCCCC1. The predicted molar refractivity (Wildman–Crippen MR) is 105 cm³/mol. The van der Waals surface area contributed by atoms with Crippen molar-refractivity contribution in [2.24, 2.45) is 23.7 Å². The van der Waals surface area contributed by atoms with E-state index in [0.29, 0.717) is 17.7 Å². The molecule has 1 saturated carbocycles. The first kappa shape index (κ1) is 21.5. The van der Waals surface area contributed by atoms with Gasteiger partial charge in [-0.2, -0.15) is 0 Å². The Kier molecular flexibility index (Phi) is 11.5. The Bertz CT molecular complexity index is 318. The van der Waals surface area contributed by atoms with E-state index in [0.717, 1.165) is 31.2 Å². The van der Waals surface area contributed by atoms with Gasteiger partial charge in [-0.15, -0.1) is 0 Å². The van der Waals surface area contributed by atoms with Gasteiger partial charge in [-0.25, -0.2) is 0 Å². The minimum atomic E-state index is 0.291. The summed E-state index contributed by atoms with van der Waals surface area (Å²) < 4.78 is 0. The fourth-order valence-electron chi connectivity index (χ4n) is 4.23. The highest BCUT2D eigenvalue weighted by atomic mass is 16.1. The predicted octanol–water partition coefficient (Wildman–Crippen LogP) is 6.34. The second kappa shape index (κ2) is 12.8. The van der Waals surface area contributed by atoms with Crippen LogP contribution in [0, 0.1) is 23.7 Å². The molecule has 0 aromatic rings. The number of rotatable bonds is 12. The first-order valence-electron chi connectivity index (χ1n) is 10.8. The lowest BCUT2D eigenvalue weighted by Gasteiger charge is -2.32. The van der Waals surface area contributed by atoms with Gasteiger partial charge in [-0.3, -0.25) is 4.79 Å². The average molecular weight is 338 g/mol. The van der Waals surface area contributed by atoms with Gasteiger partial charge in [0.25, 0.3) is 0 Å². The maximum atomic E-state index is 12.3. The van der Waals surface area contributed by atoms with Crippen molar-refractivity contribution >= 4 is 5.91 Å². The van der Waals surface area contributed by atoms with Gasteiger partial charge in [0, 0.05) is 13.0 Å². The quantitative estimate of drug-likeness (QED) is 0.413. The van der Waals surface area contributed by atoms with Crippen molar-refractivity contribution in [3.05, 3.63) is 0 Å². The van der Waals surface area contributed by atoms with Crippen molar-refractivity contribution in [3.63, 3.8) is 0 Å². The van der Waals surface area contributed by atoms with Crippen molar-refractivity contribution < 1.29 is 4.79 Å². The Morgan fingerprint density at radius 2 is 1.54 bits per heavy atom. The molecule has 1 N–H and O–H groups in total. The van der Waals surface area contributed by atoms with Gasteiger partial charge < -0.3 is 5.32 Å². The molecular formula is C22H43NO. The van der Waals surface area contributed by atoms with Gasteiger partial charge in [-0.1, -0.05) is 91.9 Å². The van der Waals surface area contributed by atoms with Crippen LogP contribution in [0.5, 0.6) is 0 Å². The third kappa shape index (κ3) is 9.69. The normalized spacial score (nSPS) is 17.4. The van der Waals surface area contributed by atoms with Gasteiger partial charge >= 0.3 is 0 Å². The largest absolute Gasteiger partial charge is 0.356 e. The lowest BCUT2D eigenvalue weighted by Crippen LogP contribution is -2.31. The summed E-state index contributed by atoms with van der Waals surface area (Å²) in [6, 6.07) is 0. The van der Waals surface area contributed by atoms with Crippen LogP contribution in [0.15, 0.2) is 0 Å². The van der Waals surface area contributed by atoms with E-state index >= 15 is 0 Å². The smallest absolute Gasteiger partial charge is 0.220 e. The molecule has 2 heteroatoms. The molecule has 0 heterocycles. The highest BCUT2D eigenvalue weighted by Gasteiger charge is 2.27. The molecule has 1 amide bonds. The molecule has 142 valence electrons. The zero-order valence-corrected chi connectivity index (χ0v) is 16.9. The number of unbranched alkanes of at least 4 members (excludes halogenated alkanes) is 4. The number of hydrogen-bond donors (Lipinski definition) is 1. The minimum Gasteiger partial charge on any atom is -0.356 e. The van der Waals surface area contributed by atoms with Crippen LogP contribution in [0.1, 0.15) is 105 Å². The van der Waals surface area contributed by atoms with Crippen molar-refractivity contribution in [1.29, 1.82) is 0 Å².